The highest BCUT2D eigenvalue weighted by Crippen LogP contribution is 2.18. The van der Waals surface area contributed by atoms with Crippen LogP contribution in [-0.4, -0.2) is 39.6 Å². The van der Waals surface area contributed by atoms with E-state index in [1.807, 2.05) is 25.1 Å². The zero-order chi connectivity index (χ0) is 16.9. The molecule has 1 heterocycles. The second-order valence-electron chi connectivity index (χ2n) is 6.02. The molecule has 0 atom stereocenters. The van der Waals surface area contributed by atoms with Gasteiger partial charge in [0.05, 0.1) is 18.6 Å². The Morgan fingerprint density at radius 1 is 1.22 bits per heavy atom. The molecule has 1 aromatic rings. The van der Waals surface area contributed by atoms with Gasteiger partial charge in [0.1, 0.15) is 15.6 Å². The van der Waals surface area contributed by atoms with Crippen molar-refractivity contribution in [1.29, 1.82) is 0 Å². The lowest BCUT2D eigenvalue weighted by atomic mass is 10.0. The standard InChI is InChI=1S/C16H24N2O4S/c1-12-7-14(9-15(8-12)22-2)11-18-16(19)17-10-13-3-5-23(20,21)6-4-13/h7-9,13H,3-6,10-11H2,1-2H3,(H2,17,18,19). The SMILES string of the molecule is COc1cc(C)cc(CNC(=O)NCC2CCS(=O)(=O)CC2)c1. The first-order valence-electron chi connectivity index (χ1n) is 7.74. The van der Waals surface area contributed by atoms with Crippen LogP contribution in [-0.2, 0) is 16.4 Å². The molecule has 2 N–H and O–H groups in total. The van der Waals surface area contributed by atoms with Crippen LogP contribution >= 0.6 is 0 Å². The molecular formula is C16H24N2O4S. The number of benzene rings is 1. The minimum Gasteiger partial charge on any atom is -0.497 e. The average Bonchev–Trinajstić information content (AvgIpc) is 2.51. The number of ether oxygens (including phenoxy) is 1. The molecule has 23 heavy (non-hydrogen) atoms. The number of carbonyl (C=O) groups excluding carboxylic acids is 1. The average molecular weight is 340 g/mol. The zero-order valence-electron chi connectivity index (χ0n) is 13.6. The summed E-state index contributed by atoms with van der Waals surface area (Å²) in [5, 5.41) is 5.63. The van der Waals surface area contributed by atoms with Gasteiger partial charge in [-0.2, -0.15) is 0 Å². The number of sulfone groups is 1. The van der Waals surface area contributed by atoms with Crippen molar-refractivity contribution in [2.24, 2.45) is 5.92 Å². The largest absolute Gasteiger partial charge is 0.497 e. The predicted octanol–water partition coefficient (Wildman–Crippen LogP) is 1.63. The second kappa shape index (κ2) is 7.68. The van der Waals surface area contributed by atoms with E-state index in [4.69, 9.17) is 4.74 Å². The topological polar surface area (TPSA) is 84.5 Å². The highest BCUT2D eigenvalue weighted by atomic mass is 32.2. The van der Waals surface area contributed by atoms with E-state index in [1.54, 1.807) is 7.11 Å². The van der Waals surface area contributed by atoms with Crippen molar-refractivity contribution in [1.82, 2.24) is 10.6 Å². The monoisotopic (exact) mass is 340 g/mol. The fourth-order valence-electron chi connectivity index (χ4n) is 2.67. The van der Waals surface area contributed by atoms with E-state index < -0.39 is 9.84 Å². The number of urea groups is 1. The molecule has 0 bridgehead atoms. The molecule has 0 saturated carbocycles. The van der Waals surface area contributed by atoms with E-state index in [-0.39, 0.29) is 23.5 Å². The highest BCUT2D eigenvalue weighted by molar-refractivity contribution is 7.91. The zero-order valence-corrected chi connectivity index (χ0v) is 14.4. The van der Waals surface area contributed by atoms with Crippen LogP contribution in [0.1, 0.15) is 24.0 Å². The van der Waals surface area contributed by atoms with E-state index in [1.165, 1.54) is 0 Å². The summed E-state index contributed by atoms with van der Waals surface area (Å²) in [6.07, 6.45) is 1.25. The van der Waals surface area contributed by atoms with E-state index >= 15 is 0 Å². The third-order valence-electron chi connectivity index (χ3n) is 4.02. The van der Waals surface area contributed by atoms with Gasteiger partial charge < -0.3 is 15.4 Å². The molecule has 2 rings (SSSR count). The number of rotatable bonds is 5. The van der Waals surface area contributed by atoms with Crippen molar-refractivity contribution in [2.75, 3.05) is 25.2 Å². The van der Waals surface area contributed by atoms with Crippen LogP contribution < -0.4 is 15.4 Å². The number of methoxy groups -OCH3 is 1. The molecule has 0 aliphatic carbocycles. The molecule has 0 unspecified atom stereocenters. The van der Waals surface area contributed by atoms with Gasteiger partial charge >= 0.3 is 6.03 Å². The molecule has 2 amide bonds. The minimum atomic E-state index is -2.85. The molecular weight excluding hydrogens is 316 g/mol. The van der Waals surface area contributed by atoms with E-state index in [0.717, 1.165) is 16.9 Å². The quantitative estimate of drug-likeness (QED) is 0.853. The maximum Gasteiger partial charge on any atom is 0.315 e. The fourth-order valence-corrected chi connectivity index (χ4v) is 4.26. The summed E-state index contributed by atoms with van der Waals surface area (Å²) in [6, 6.07) is 5.58. The molecule has 1 aromatic carbocycles. The van der Waals surface area contributed by atoms with Gasteiger partial charge in [-0.1, -0.05) is 6.07 Å². The molecule has 1 aliphatic rings. The smallest absolute Gasteiger partial charge is 0.315 e. The van der Waals surface area contributed by atoms with Crippen molar-refractivity contribution in [3.05, 3.63) is 29.3 Å². The molecule has 0 aromatic heterocycles. The molecule has 1 fully saturated rings. The van der Waals surface area contributed by atoms with Gasteiger partial charge in [0.25, 0.3) is 0 Å². The van der Waals surface area contributed by atoms with Crippen molar-refractivity contribution in [3.8, 4) is 5.75 Å². The Bertz CT molecular complexity index is 644. The lowest BCUT2D eigenvalue weighted by Crippen LogP contribution is -2.39. The summed E-state index contributed by atoms with van der Waals surface area (Å²) in [5.74, 6) is 1.46. The Kier molecular flexibility index (Phi) is 5.87. The summed E-state index contributed by atoms with van der Waals surface area (Å²) >= 11 is 0. The van der Waals surface area contributed by atoms with Crippen LogP contribution in [0.3, 0.4) is 0 Å². The van der Waals surface area contributed by atoms with E-state index in [9.17, 15) is 13.2 Å². The predicted molar refractivity (Wildman–Crippen MR) is 89.3 cm³/mol. The third kappa shape index (κ3) is 5.74. The molecule has 0 radical (unpaired) electrons. The van der Waals surface area contributed by atoms with Crippen LogP contribution in [0.4, 0.5) is 4.79 Å². The Labute approximate surface area is 137 Å². The van der Waals surface area contributed by atoms with Crippen molar-refractivity contribution in [3.63, 3.8) is 0 Å². The van der Waals surface area contributed by atoms with Crippen LogP contribution in [0.25, 0.3) is 0 Å². The van der Waals surface area contributed by atoms with Gasteiger partial charge in [-0.3, -0.25) is 0 Å². The molecule has 6 nitrogen and oxygen atoms in total. The lowest BCUT2D eigenvalue weighted by Gasteiger charge is -2.22. The lowest BCUT2D eigenvalue weighted by molar-refractivity contribution is 0.238. The summed E-state index contributed by atoms with van der Waals surface area (Å²) in [4.78, 5) is 11.9. The first-order chi connectivity index (χ1) is 10.9. The van der Waals surface area contributed by atoms with Gasteiger partial charge in [-0.15, -0.1) is 0 Å². The maximum absolute atomic E-state index is 11.9. The van der Waals surface area contributed by atoms with Crippen molar-refractivity contribution >= 4 is 15.9 Å². The fraction of sp³-hybridized carbons (Fsp3) is 0.562. The Balaban J connectivity index is 1.74. The molecule has 1 saturated heterocycles. The number of nitrogens with one attached hydrogen (secondary N) is 2. The van der Waals surface area contributed by atoms with Crippen molar-refractivity contribution < 1.29 is 17.9 Å². The number of aryl methyl sites for hydroxylation is 1. The summed E-state index contributed by atoms with van der Waals surface area (Å²) in [6.45, 7) is 2.91. The van der Waals surface area contributed by atoms with E-state index in [2.05, 4.69) is 10.6 Å². The van der Waals surface area contributed by atoms with E-state index in [0.29, 0.717) is 25.9 Å². The number of hydrogen-bond donors (Lipinski definition) is 2. The minimum absolute atomic E-state index is 0.226. The summed E-state index contributed by atoms with van der Waals surface area (Å²) in [7, 11) is -1.24. The normalized spacial score (nSPS) is 17.5. The second-order valence-corrected chi connectivity index (χ2v) is 8.32. The highest BCUT2D eigenvalue weighted by Gasteiger charge is 2.23. The molecule has 128 valence electrons. The first-order valence-corrected chi connectivity index (χ1v) is 9.57. The molecule has 1 aliphatic heterocycles. The Morgan fingerprint density at radius 3 is 2.57 bits per heavy atom. The van der Waals surface area contributed by atoms with Gasteiger partial charge in [-0.25, -0.2) is 13.2 Å². The van der Waals surface area contributed by atoms with Crippen LogP contribution in [0, 0.1) is 12.8 Å². The van der Waals surface area contributed by atoms with Gasteiger partial charge in [0.2, 0.25) is 0 Å². The summed E-state index contributed by atoms with van der Waals surface area (Å²) in [5.41, 5.74) is 2.05. The Hall–Kier alpha value is -1.76. The molecule has 7 heteroatoms. The number of amides is 2. The summed E-state index contributed by atoms with van der Waals surface area (Å²) < 4.78 is 27.9. The van der Waals surface area contributed by atoms with Gasteiger partial charge in [0.15, 0.2) is 0 Å². The Morgan fingerprint density at radius 2 is 1.91 bits per heavy atom. The third-order valence-corrected chi connectivity index (χ3v) is 5.74. The first kappa shape index (κ1) is 17.6. The van der Waals surface area contributed by atoms with Gasteiger partial charge in [0, 0.05) is 13.1 Å². The molecule has 0 spiro atoms. The maximum atomic E-state index is 11.9. The van der Waals surface area contributed by atoms with Crippen molar-refractivity contribution in [2.45, 2.75) is 26.3 Å². The van der Waals surface area contributed by atoms with Crippen LogP contribution in [0.15, 0.2) is 18.2 Å². The van der Waals surface area contributed by atoms with Crippen LogP contribution in [0.2, 0.25) is 0 Å². The number of hydrogen-bond acceptors (Lipinski definition) is 4. The number of carbonyl (C=O) groups is 1. The van der Waals surface area contributed by atoms with Crippen LogP contribution in [0.5, 0.6) is 5.75 Å². The van der Waals surface area contributed by atoms with Gasteiger partial charge in [-0.05, 0) is 48.9 Å².